The molecule has 0 bridgehead atoms. The molecule has 1 aromatic rings. The van der Waals surface area contributed by atoms with Crippen molar-refractivity contribution in [1.82, 2.24) is 0 Å². The van der Waals surface area contributed by atoms with Crippen LogP contribution in [0.3, 0.4) is 0 Å². The molecule has 1 saturated carbocycles. The average Bonchev–Trinajstić information content (AvgIpc) is 3.00. The Morgan fingerprint density at radius 2 is 2.14 bits per heavy atom. The molecule has 0 radical (unpaired) electrons. The quantitative estimate of drug-likeness (QED) is 0.790. The van der Waals surface area contributed by atoms with E-state index in [-0.39, 0.29) is 0 Å². The molecule has 0 spiro atoms. The smallest absolute Gasteiger partial charge is 0.0368 e. The van der Waals surface area contributed by atoms with E-state index in [1.165, 1.54) is 29.7 Å². The molecule has 0 amide bonds. The molecule has 2 N–H and O–H groups in total. The monoisotopic (exact) mass is 190 g/mol. The highest BCUT2D eigenvalue weighted by Crippen LogP contribution is 2.30. The predicted molar refractivity (Wildman–Crippen MR) is 60.5 cm³/mol. The topological polar surface area (TPSA) is 29.3 Å². The molecular weight excluding hydrogens is 172 g/mol. The van der Waals surface area contributed by atoms with Crippen molar-refractivity contribution in [2.45, 2.75) is 32.4 Å². The predicted octanol–water partition coefficient (Wildman–Crippen LogP) is 2.05. The van der Waals surface area contributed by atoms with E-state index in [4.69, 9.17) is 5.73 Å². The summed E-state index contributed by atoms with van der Waals surface area (Å²) in [5.74, 6) is 0. The molecule has 0 unspecified atom stereocenters. The minimum atomic E-state index is 0.638. The number of aryl methyl sites for hydroxylation is 1. The highest BCUT2D eigenvalue weighted by molar-refractivity contribution is 5.51. The zero-order chi connectivity index (χ0) is 10.1. The van der Waals surface area contributed by atoms with Gasteiger partial charge in [-0.2, -0.15) is 0 Å². The highest BCUT2D eigenvalue weighted by Gasteiger charge is 2.26. The lowest BCUT2D eigenvalue weighted by Crippen LogP contribution is -2.19. The van der Waals surface area contributed by atoms with Crippen LogP contribution in [0.15, 0.2) is 18.2 Å². The Bertz CT molecular complexity index is 329. The van der Waals surface area contributed by atoms with Crippen LogP contribution in [-0.2, 0) is 6.54 Å². The fraction of sp³-hybridized carbons (Fsp3) is 0.500. The molecule has 76 valence electrons. The summed E-state index contributed by atoms with van der Waals surface area (Å²) < 4.78 is 0. The van der Waals surface area contributed by atoms with Crippen molar-refractivity contribution in [1.29, 1.82) is 0 Å². The number of benzene rings is 1. The molecule has 0 aromatic heterocycles. The zero-order valence-corrected chi connectivity index (χ0v) is 8.96. The number of hydrogen-bond acceptors (Lipinski definition) is 2. The van der Waals surface area contributed by atoms with Crippen molar-refractivity contribution in [3.8, 4) is 0 Å². The maximum absolute atomic E-state index is 5.64. The third kappa shape index (κ3) is 1.75. The van der Waals surface area contributed by atoms with Crippen LogP contribution >= 0.6 is 0 Å². The van der Waals surface area contributed by atoms with Crippen molar-refractivity contribution >= 4 is 5.69 Å². The molecule has 2 heteroatoms. The molecular formula is C12H18N2. The fourth-order valence-electron chi connectivity index (χ4n) is 1.80. The van der Waals surface area contributed by atoms with Crippen molar-refractivity contribution in [2.24, 2.45) is 5.73 Å². The Balaban J connectivity index is 2.22. The molecule has 1 aliphatic carbocycles. The maximum Gasteiger partial charge on any atom is 0.0368 e. The minimum absolute atomic E-state index is 0.638. The first-order valence-corrected chi connectivity index (χ1v) is 5.25. The van der Waals surface area contributed by atoms with Gasteiger partial charge in [-0.3, -0.25) is 0 Å². The number of hydrogen-bond donors (Lipinski definition) is 1. The lowest BCUT2D eigenvalue weighted by Gasteiger charge is -2.19. The van der Waals surface area contributed by atoms with Crippen LogP contribution in [0.25, 0.3) is 0 Å². The van der Waals surface area contributed by atoms with Gasteiger partial charge in [-0.25, -0.2) is 0 Å². The van der Waals surface area contributed by atoms with Crippen LogP contribution in [0.1, 0.15) is 24.0 Å². The second kappa shape index (κ2) is 3.62. The molecule has 1 aliphatic rings. The molecule has 0 aliphatic heterocycles. The van der Waals surface area contributed by atoms with Gasteiger partial charge in [0.05, 0.1) is 0 Å². The van der Waals surface area contributed by atoms with Gasteiger partial charge >= 0.3 is 0 Å². The van der Waals surface area contributed by atoms with Crippen molar-refractivity contribution in [3.63, 3.8) is 0 Å². The lowest BCUT2D eigenvalue weighted by atomic mass is 10.1. The molecule has 14 heavy (non-hydrogen) atoms. The summed E-state index contributed by atoms with van der Waals surface area (Å²) >= 11 is 0. The Kier molecular flexibility index (Phi) is 2.46. The van der Waals surface area contributed by atoms with Gasteiger partial charge in [-0.15, -0.1) is 0 Å². The lowest BCUT2D eigenvalue weighted by molar-refractivity contribution is 0.913. The Morgan fingerprint density at radius 1 is 1.43 bits per heavy atom. The molecule has 1 aromatic carbocycles. The van der Waals surface area contributed by atoms with E-state index >= 15 is 0 Å². The van der Waals surface area contributed by atoms with Gasteiger partial charge < -0.3 is 10.6 Å². The maximum atomic E-state index is 5.64. The third-order valence-electron chi connectivity index (χ3n) is 3.05. The Hall–Kier alpha value is -1.02. The summed E-state index contributed by atoms with van der Waals surface area (Å²) in [6, 6.07) is 7.33. The molecule has 2 nitrogen and oxygen atoms in total. The van der Waals surface area contributed by atoms with E-state index in [9.17, 15) is 0 Å². The van der Waals surface area contributed by atoms with Crippen LogP contribution in [0.5, 0.6) is 0 Å². The van der Waals surface area contributed by atoms with Gasteiger partial charge in [0, 0.05) is 25.3 Å². The van der Waals surface area contributed by atoms with E-state index in [1.54, 1.807) is 0 Å². The average molecular weight is 190 g/mol. The van der Waals surface area contributed by atoms with Gasteiger partial charge in [0.15, 0.2) is 0 Å². The molecule has 0 atom stereocenters. The number of anilines is 1. The van der Waals surface area contributed by atoms with Crippen LogP contribution in [-0.4, -0.2) is 13.1 Å². The summed E-state index contributed by atoms with van der Waals surface area (Å²) in [5, 5.41) is 0. The molecule has 0 saturated heterocycles. The molecule has 2 rings (SSSR count). The summed E-state index contributed by atoms with van der Waals surface area (Å²) in [7, 11) is 2.18. The summed E-state index contributed by atoms with van der Waals surface area (Å²) in [4.78, 5) is 2.37. The molecule has 0 heterocycles. The second-order valence-corrected chi connectivity index (χ2v) is 4.16. The standard InChI is InChI=1S/C12H18N2/c1-9-7-12(4-3-10(9)8-13)14(2)11-5-6-11/h3-4,7,11H,5-6,8,13H2,1-2H3. The number of nitrogens with two attached hydrogens (primary N) is 1. The van der Waals surface area contributed by atoms with E-state index in [0.717, 1.165) is 6.04 Å². The SMILES string of the molecule is Cc1cc(N(C)C2CC2)ccc1CN. The minimum Gasteiger partial charge on any atom is -0.372 e. The van der Waals surface area contributed by atoms with Gasteiger partial charge in [0.25, 0.3) is 0 Å². The van der Waals surface area contributed by atoms with Crippen LogP contribution in [0, 0.1) is 6.92 Å². The second-order valence-electron chi connectivity index (χ2n) is 4.16. The highest BCUT2D eigenvalue weighted by atomic mass is 15.2. The van der Waals surface area contributed by atoms with Crippen molar-refractivity contribution in [3.05, 3.63) is 29.3 Å². The Morgan fingerprint density at radius 3 is 2.64 bits per heavy atom. The fourth-order valence-corrected chi connectivity index (χ4v) is 1.80. The van der Waals surface area contributed by atoms with E-state index < -0.39 is 0 Å². The molecule has 1 fully saturated rings. The van der Waals surface area contributed by atoms with Crippen LogP contribution in [0.2, 0.25) is 0 Å². The van der Waals surface area contributed by atoms with Gasteiger partial charge in [-0.05, 0) is 43.0 Å². The van der Waals surface area contributed by atoms with E-state index in [2.05, 4.69) is 37.1 Å². The van der Waals surface area contributed by atoms with Gasteiger partial charge in [0.1, 0.15) is 0 Å². The first kappa shape index (κ1) is 9.53. The largest absolute Gasteiger partial charge is 0.372 e. The van der Waals surface area contributed by atoms with E-state index in [1.807, 2.05) is 0 Å². The third-order valence-corrected chi connectivity index (χ3v) is 3.05. The first-order chi connectivity index (χ1) is 6.72. The number of rotatable bonds is 3. The van der Waals surface area contributed by atoms with Crippen LogP contribution in [0.4, 0.5) is 5.69 Å². The van der Waals surface area contributed by atoms with E-state index in [0.29, 0.717) is 6.54 Å². The van der Waals surface area contributed by atoms with Gasteiger partial charge in [0.2, 0.25) is 0 Å². The van der Waals surface area contributed by atoms with Crippen molar-refractivity contribution in [2.75, 3.05) is 11.9 Å². The van der Waals surface area contributed by atoms with Crippen LogP contribution < -0.4 is 10.6 Å². The van der Waals surface area contributed by atoms with Gasteiger partial charge in [-0.1, -0.05) is 6.07 Å². The number of nitrogens with zero attached hydrogens (tertiary/aromatic N) is 1. The first-order valence-electron chi connectivity index (χ1n) is 5.25. The summed E-state index contributed by atoms with van der Waals surface area (Å²) in [6.07, 6.45) is 2.68. The normalized spacial score (nSPS) is 15.6. The zero-order valence-electron chi connectivity index (χ0n) is 8.96. The summed E-state index contributed by atoms with van der Waals surface area (Å²) in [5.41, 5.74) is 9.51. The van der Waals surface area contributed by atoms with Crippen molar-refractivity contribution < 1.29 is 0 Å². The Labute approximate surface area is 85.7 Å². The summed E-state index contributed by atoms with van der Waals surface area (Å²) in [6.45, 7) is 2.77.